The Morgan fingerprint density at radius 3 is 0.865 bits per heavy atom. The third-order valence-corrected chi connectivity index (χ3v) is 8.14. The van der Waals surface area contributed by atoms with Crippen LogP contribution in [0.3, 0.4) is 0 Å². The fourth-order valence-electron chi connectivity index (χ4n) is 5.39. The minimum absolute atomic E-state index is 0.491. The van der Waals surface area contributed by atoms with Crippen LogP contribution in [-0.2, 0) is 0 Å². The lowest BCUT2D eigenvalue weighted by Crippen LogP contribution is -2.02. The third kappa shape index (κ3) is 11.0. The molecule has 0 amide bonds. The van der Waals surface area contributed by atoms with E-state index < -0.39 is 0 Å². The average molecular weight is 713 g/mol. The van der Waals surface area contributed by atoms with Gasteiger partial charge >= 0.3 is 0 Å². The molecule has 2 aromatic rings. The van der Waals surface area contributed by atoms with Crippen LogP contribution in [0.4, 0.5) is 0 Å². The van der Waals surface area contributed by atoms with Crippen molar-refractivity contribution in [2.45, 2.75) is 41.5 Å². The molecular formula is C44H56O8. The van der Waals surface area contributed by atoms with E-state index in [0.29, 0.717) is 46.0 Å². The summed E-state index contributed by atoms with van der Waals surface area (Å²) in [6.45, 7) is 12.2. The van der Waals surface area contributed by atoms with Crippen molar-refractivity contribution in [3.05, 3.63) is 117 Å². The minimum Gasteiger partial charge on any atom is -0.492 e. The van der Waals surface area contributed by atoms with Crippen molar-refractivity contribution in [1.82, 2.24) is 0 Å². The quantitative estimate of drug-likeness (QED) is 0.141. The SMILES string of the molecule is COc1c(C)c(/C=C/C(C)=C/C=C/C(C)=C/C=C/C=C(C)/C=C/C=C(C)/C=C/c2c(C)c(OC)c(OC)c(OC)c2OC)c(OC)c(OC)c1OC. The summed E-state index contributed by atoms with van der Waals surface area (Å²) < 4.78 is 44.9. The Balaban J connectivity index is 2.10. The molecule has 0 saturated heterocycles. The number of rotatable bonds is 18. The number of benzene rings is 2. The molecule has 8 heteroatoms. The van der Waals surface area contributed by atoms with Gasteiger partial charge in [-0.05, 0) is 41.5 Å². The van der Waals surface area contributed by atoms with Gasteiger partial charge in [0.2, 0.25) is 23.0 Å². The van der Waals surface area contributed by atoms with E-state index >= 15 is 0 Å². The number of ether oxygens (including phenoxy) is 8. The number of hydrogen-bond donors (Lipinski definition) is 0. The summed E-state index contributed by atoms with van der Waals surface area (Å²) in [6.07, 6.45) is 28.6. The van der Waals surface area contributed by atoms with Crippen LogP contribution in [0, 0.1) is 13.8 Å². The Kier molecular flexibility index (Phi) is 17.8. The van der Waals surface area contributed by atoms with E-state index in [1.54, 1.807) is 56.9 Å². The highest BCUT2D eigenvalue weighted by Gasteiger charge is 2.25. The van der Waals surface area contributed by atoms with E-state index in [9.17, 15) is 0 Å². The van der Waals surface area contributed by atoms with Gasteiger partial charge in [-0.15, -0.1) is 0 Å². The van der Waals surface area contributed by atoms with Gasteiger partial charge < -0.3 is 37.9 Å². The van der Waals surface area contributed by atoms with Crippen LogP contribution >= 0.6 is 0 Å². The molecule has 0 saturated carbocycles. The molecule has 0 radical (unpaired) electrons. The highest BCUT2D eigenvalue weighted by molar-refractivity contribution is 5.76. The zero-order valence-corrected chi connectivity index (χ0v) is 33.3. The molecular weight excluding hydrogens is 656 g/mol. The Morgan fingerprint density at radius 2 is 0.577 bits per heavy atom. The van der Waals surface area contributed by atoms with E-state index in [1.807, 2.05) is 76.3 Å². The molecule has 280 valence electrons. The molecule has 0 unspecified atom stereocenters. The van der Waals surface area contributed by atoms with Crippen LogP contribution in [0.1, 0.15) is 49.9 Å². The summed E-state index contributed by atoms with van der Waals surface area (Å²) >= 11 is 0. The minimum atomic E-state index is 0.491. The predicted molar refractivity (Wildman–Crippen MR) is 215 cm³/mol. The maximum atomic E-state index is 5.69. The van der Waals surface area contributed by atoms with Crippen molar-refractivity contribution in [2.75, 3.05) is 56.9 Å². The normalized spacial score (nSPS) is 13.3. The van der Waals surface area contributed by atoms with Crippen LogP contribution in [-0.4, -0.2) is 56.9 Å². The first kappa shape index (κ1) is 42.7. The Bertz CT molecular complexity index is 1680. The van der Waals surface area contributed by atoms with Crippen LogP contribution in [0.5, 0.6) is 46.0 Å². The molecule has 0 aliphatic heterocycles. The van der Waals surface area contributed by atoms with E-state index in [-0.39, 0.29) is 0 Å². The monoisotopic (exact) mass is 712 g/mol. The standard InChI is InChI=1S/C44H56O8/c1-29(21-17-23-31(3)25-27-35-33(5)37(45-7)41(49-11)43(51-13)39(35)47-9)19-15-16-20-30(2)22-18-24-32(4)26-28-36-34(6)38(46-8)42(50-12)44(52-14)40(36)48-10/h15-28H,1-14H3/b16-15+,21-17+,22-18+,27-25+,28-26+,29-19+,30-20+,31-23+,32-24+. The molecule has 0 heterocycles. The molecule has 0 atom stereocenters. The maximum absolute atomic E-state index is 5.69. The van der Waals surface area contributed by atoms with Crippen LogP contribution in [0.15, 0.2) is 95.2 Å². The second kappa shape index (κ2) is 21.7. The molecule has 0 fully saturated rings. The highest BCUT2D eigenvalue weighted by atomic mass is 16.6. The van der Waals surface area contributed by atoms with Crippen molar-refractivity contribution in [2.24, 2.45) is 0 Å². The zero-order valence-electron chi connectivity index (χ0n) is 33.3. The Morgan fingerprint density at radius 1 is 0.327 bits per heavy atom. The van der Waals surface area contributed by atoms with Gasteiger partial charge in [-0.1, -0.05) is 107 Å². The van der Waals surface area contributed by atoms with Gasteiger partial charge in [0.25, 0.3) is 0 Å². The number of methoxy groups -OCH3 is 8. The highest BCUT2D eigenvalue weighted by Crippen LogP contribution is 2.51. The van der Waals surface area contributed by atoms with Gasteiger partial charge in [-0.25, -0.2) is 0 Å². The fraction of sp³-hybridized carbons (Fsp3) is 0.318. The molecule has 0 aliphatic rings. The van der Waals surface area contributed by atoms with Gasteiger partial charge in [0.1, 0.15) is 0 Å². The summed E-state index contributed by atoms with van der Waals surface area (Å²) in [5.41, 5.74) is 7.89. The largest absolute Gasteiger partial charge is 0.492 e. The molecule has 0 N–H and O–H groups in total. The maximum Gasteiger partial charge on any atom is 0.207 e. The smallest absolute Gasteiger partial charge is 0.207 e. The summed E-state index contributed by atoms with van der Waals surface area (Å²) in [5.74, 6) is 4.39. The van der Waals surface area contributed by atoms with Crippen molar-refractivity contribution in [3.63, 3.8) is 0 Å². The van der Waals surface area contributed by atoms with Crippen LogP contribution in [0.2, 0.25) is 0 Å². The summed E-state index contributed by atoms with van der Waals surface area (Å²) in [6, 6.07) is 0. The van der Waals surface area contributed by atoms with Gasteiger partial charge in [0.05, 0.1) is 56.9 Å². The van der Waals surface area contributed by atoms with Crippen molar-refractivity contribution in [1.29, 1.82) is 0 Å². The number of allylic oxidation sites excluding steroid dienone is 16. The van der Waals surface area contributed by atoms with Crippen molar-refractivity contribution >= 4 is 12.2 Å². The first-order chi connectivity index (χ1) is 25.0. The fourth-order valence-corrected chi connectivity index (χ4v) is 5.39. The molecule has 0 bridgehead atoms. The lowest BCUT2D eigenvalue weighted by molar-refractivity contribution is 0.304. The molecule has 2 rings (SSSR count). The van der Waals surface area contributed by atoms with Gasteiger partial charge in [-0.2, -0.15) is 0 Å². The lowest BCUT2D eigenvalue weighted by atomic mass is 10.0. The molecule has 0 aliphatic carbocycles. The van der Waals surface area contributed by atoms with Crippen molar-refractivity contribution < 1.29 is 37.9 Å². The summed E-state index contributed by atoms with van der Waals surface area (Å²) in [4.78, 5) is 0. The zero-order chi connectivity index (χ0) is 38.8. The number of hydrogen-bond acceptors (Lipinski definition) is 8. The third-order valence-electron chi connectivity index (χ3n) is 8.14. The molecule has 0 aromatic heterocycles. The molecule has 52 heavy (non-hydrogen) atoms. The first-order valence-corrected chi connectivity index (χ1v) is 16.8. The van der Waals surface area contributed by atoms with E-state index in [1.165, 1.54) is 0 Å². The second-order valence-electron chi connectivity index (χ2n) is 11.8. The Labute approximate surface area is 311 Å². The van der Waals surface area contributed by atoms with Gasteiger partial charge in [0.15, 0.2) is 23.0 Å². The predicted octanol–water partition coefficient (Wildman–Crippen LogP) is 10.6. The lowest BCUT2D eigenvalue weighted by Gasteiger charge is -2.20. The first-order valence-electron chi connectivity index (χ1n) is 16.8. The topological polar surface area (TPSA) is 73.8 Å². The molecule has 2 aromatic carbocycles. The van der Waals surface area contributed by atoms with E-state index in [2.05, 4.69) is 50.3 Å². The van der Waals surface area contributed by atoms with E-state index in [4.69, 9.17) is 37.9 Å². The Hall–Kier alpha value is -5.50. The summed E-state index contributed by atoms with van der Waals surface area (Å²) in [7, 11) is 12.8. The van der Waals surface area contributed by atoms with E-state index in [0.717, 1.165) is 44.5 Å². The second-order valence-corrected chi connectivity index (χ2v) is 11.8. The van der Waals surface area contributed by atoms with Gasteiger partial charge in [0, 0.05) is 22.3 Å². The molecule has 8 nitrogen and oxygen atoms in total. The summed E-state index contributed by atoms with van der Waals surface area (Å²) in [5, 5.41) is 0. The molecule has 0 spiro atoms. The average Bonchev–Trinajstić information content (AvgIpc) is 3.14. The van der Waals surface area contributed by atoms with Crippen LogP contribution < -0.4 is 37.9 Å². The van der Waals surface area contributed by atoms with Crippen molar-refractivity contribution in [3.8, 4) is 46.0 Å². The van der Waals surface area contributed by atoms with Crippen LogP contribution in [0.25, 0.3) is 12.2 Å². The van der Waals surface area contributed by atoms with Gasteiger partial charge in [-0.3, -0.25) is 0 Å².